The third-order valence-corrected chi connectivity index (χ3v) is 13.7. The molecule has 6 heterocycles. The van der Waals surface area contributed by atoms with Gasteiger partial charge in [0.05, 0.1) is 26.4 Å². The third-order valence-electron chi connectivity index (χ3n) is 13.7. The number of hydrogen-bond donors (Lipinski definition) is 24. The van der Waals surface area contributed by atoms with Crippen molar-refractivity contribution in [1.29, 1.82) is 0 Å². The Balaban J connectivity index is 0.000000254. The van der Waals surface area contributed by atoms with E-state index in [1.807, 2.05) is 0 Å². The standard InChI is InChI=1S/2C18H32O16/c2*1-17(12(27)6(22)9(25)15(30)33-17)18(3-20)13(28)7(23)10(26)16(34-18)32-11-4(2-19)31-14(29)8(24)5(11)21/h2*4-16,19-30H,2-3H2,1H3/t2*4-,5-,6+,7-,8?,9+,10-,11-,12+,13-,14?,15?,16-,17+,18-/m11/s1. The first-order chi connectivity index (χ1) is 31.5. The van der Waals surface area contributed by atoms with Gasteiger partial charge in [0.25, 0.3) is 0 Å². The molecule has 0 aromatic rings. The minimum Gasteiger partial charge on any atom is -0.394 e. The van der Waals surface area contributed by atoms with Gasteiger partial charge in [-0.3, -0.25) is 0 Å². The van der Waals surface area contributed by atoms with E-state index < -0.39 is 209 Å². The summed E-state index contributed by atoms with van der Waals surface area (Å²) >= 11 is 0. The fourth-order valence-electron chi connectivity index (χ4n) is 9.18. The van der Waals surface area contributed by atoms with Crippen LogP contribution in [-0.4, -0.2) is 331 Å². The summed E-state index contributed by atoms with van der Waals surface area (Å²) in [5, 5.41) is 243. The predicted octanol–water partition coefficient (Wildman–Crippen LogP) is -15.7. The fourth-order valence-corrected chi connectivity index (χ4v) is 9.18. The zero-order valence-corrected chi connectivity index (χ0v) is 35.8. The first kappa shape index (κ1) is 57.6. The van der Waals surface area contributed by atoms with Crippen molar-refractivity contribution in [3.8, 4) is 0 Å². The molecule has 68 heavy (non-hydrogen) atoms. The first-order valence-electron chi connectivity index (χ1n) is 20.9. The maximum atomic E-state index is 10.7. The quantitative estimate of drug-likeness (QED) is 0.0966. The van der Waals surface area contributed by atoms with Gasteiger partial charge in [0.2, 0.25) is 0 Å². The van der Waals surface area contributed by atoms with Gasteiger partial charge in [-0.1, -0.05) is 0 Å². The Labute approximate surface area is 382 Å². The molecule has 32 heteroatoms. The molecule has 0 aromatic heterocycles. The molecule has 400 valence electrons. The summed E-state index contributed by atoms with van der Waals surface area (Å²) in [6.45, 7) is -2.27. The third kappa shape index (κ3) is 9.45. The van der Waals surface area contributed by atoms with Gasteiger partial charge < -0.3 is 160 Å². The molecule has 30 atom stereocenters. The summed E-state index contributed by atoms with van der Waals surface area (Å²) in [5.74, 6) is 0. The number of rotatable bonds is 10. The summed E-state index contributed by atoms with van der Waals surface area (Å²) in [6.07, 6.45) is -51.6. The highest BCUT2D eigenvalue weighted by molar-refractivity contribution is 5.18. The lowest BCUT2D eigenvalue weighted by Gasteiger charge is -2.59. The van der Waals surface area contributed by atoms with E-state index in [9.17, 15) is 123 Å². The second-order valence-electron chi connectivity index (χ2n) is 17.7. The van der Waals surface area contributed by atoms with Gasteiger partial charge >= 0.3 is 0 Å². The van der Waals surface area contributed by atoms with E-state index in [1.54, 1.807) is 0 Å². The number of aliphatic hydroxyl groups is 24. The summed E-state index contributed by atoms with van der Waals surface area (Å²) in [5.41, 5.74) is -10.2. The minimum absolute atomic E-state index is 0.847. The van der Waals surface area contributed by atoms with E-state index >= 15 is 0 Å². The van der Waals surface area contributed by atoms with E-state index in [-0.39, 0.29) is 0 Å². The SMILES string of the molecule is C[C@]1([C@]2(CO)O[C@@H](O[C@H]3[C@H](O)C(O)C(O)O[C@@H]3CO)[C@H](O)[C@@H](O)[C@H]2O)OC(O)[C@@H](O)[C@H](O)[C@@H]1O.C[C@]1([C@]2(CO)O[C@@H](O[C@H]3[C@H](O)C(O)C(O)O[C@@H]3CO)[C@H](O)[C@@H](O)[C@H]2O)OC(O)[C@@H](O)[C@H](O)[C@@H]1O. The van der Waals surface area contributed by atoms with Crippen LogP contribution < -0.4 is 0 Å². The molecule has 32 nitrogen and oxygen atoms in total. The Hall–Kier alpha value is -1.28. The van der Waals surface area contributed by atoms with Gasteiger partial charge in [0.15, 0.2) is 48.9 Å². The molecule has 0 amide bonds. The summed E-state index contributed by atoms with van der Waals surface area (Å²) in [4.78, 5) is 0. The van der Waals surface area contributed by atoms with E-state index in [2.05, 4.69) is 0 Å². The summed E-state index contributed by atoms with van der Waals surface area (Å²) < 4.78 is 42.3. The van der Waals surface area contributed by atoms with Crippen LogP contribution in [0.15, 0.2) is 0 Å². The van der Waals surface area contributed by atoms with Gasteiger partial charge in [-0.25, -0.2) is 0 Å². The zero-order chi connectivity index (χ0) is 51.5. The van der Waals surface area contributed by atoms with Crippen LogP contribution in [0.2, 0.25) is 0 Å². The van der Waals surface area contributed by atoms with Crippen molar-refractivity contribution in [3.63, 3.8) is 0 Å². The molecule has 6 saturated heterocycles. The van der Waals surface area contributed by atoms with Gasteiger partial charge in [-0.15, -0.1) is 0 Å². The van der Waals surface area contributed by atoms with E-state index in [0.717, 1.165) is 13.8 Å². The van der Waals surface area contributed by atoms with Crippen LogP contribution in [0.3, 0.4) is 0 Å². The maximum Gasteiger partial charge on any atom is 0.187 e. The summed E-state index contributed by atoms with van der Waals surface area (Å²) in [7, 11) is 0. The van der Waals surface area contributed by atoms with Gasteiger partial charge in [0, 0.05) is 0 Å². The van der Waals surface area contributed by atoms with Gasteiger partial charge in [0.1, 0.15) is 133 Å². The zero-order valence-electron chi connectivity index (χ0n) is 35.8. The number of hydrogen-bond acceptors (Lipinski definition) is 32. The molecule has 0 bridgehead atoms. The molecular weight excluding hydrogens is 944 g/mol. The molecule has 0 aliphatic carbocycles. The highest BCUT2D eigenvalue weighted by Crippen LogP contribution is 2.48. The van der Waals surface area contributed by atoms with E-state index in [1.165, 1.54) is 0 Å². The molecule has 0 aromatic carbocycles. The lowest BCUT2D eigenvalue weighted by atomic mass is 9.69. The largest absolute Gasteiger partial charge is 0.394 e. The Morgan fingerprint density at radius 2 is 0.618 bits per heavy atom. The summed E-state index contributed by atoms with van der Waals surface area (Å²) in [6, 6.07) is 0. The van der Waals surface area contributed by atoms with Gasteiger partial charge in [-0.2, -0.15) is 0 Å². The number of ether oxygens (including phenoxy) is 8. The number of aliphatic hydroxyl groups excluding tert-OH is 24. The van der Waals surface area contributed by atoms with Crippen molar-refractivity contribution in [2.24, 2.45) is 0 Å². The fraction of sp³-hybridized carbons (Fsp3) is 1.00. The Morgan fingerprint density at radius 3 is 0.897 bits per heavy atom. The predicted molar refractivity (Wildman–Crippen MR) is 202 cm³/mol. The minimum atomic E-state index is -2.63. The Morgan fingerprint density at radius 1 is 0.338 bits per heavy atom. The first-order valence-corrected chi connectivity index (χ1v) is 20.9. The molecule has 0 radical (unpaired) electrons. The average molecular weight is 1010 g/mol. The second kappa shape index (κ2) is 21.7. The molecular formula is C36H64O32. The molecule has 6 aliphatic rings. The smallest absolute Gasteiger partial charge is 0.187 e. The van der Waals surface area contributed by atoms with Crippen molar-refractivity contribution in [1.82, 2.24) is 0 Å². The molecule has 6 rings (SSSR count). The molecule has 0 saturated carbocycles. The highest BCUT2D eigenvalue weighted by atomic mass is 16.8. The van der Waals surface area contributed by atoms with Crippen molar-refractivity contribution < 1.29 is 160 Å². The van der Waals surface area contributed by atoms with Crippen LogP contribution in [0.1, 0.15) is 13.8 Å². The lowest BCUT2D eigenvalue weighted by Crippen LogP contribution is -2.81. The van der Waals surface area contributed by atoms with Gasteiger partial charge in [-0.05, 0) is 13.8 Å². The normalized spacial score (nSPS) is 56.9. The van der Waals surface area contributed by atoms with Crippen molar-refractivity contribution >= 4 is 0 Å². The van der Waals surface area contributed by atoms with E-state index in [0.29, 0.717) is 0 Å². The molecule has 6 aliphatic heterocycles. The maximum absolute atomic E-state index is 10.7. The average Bonchev–Trinajstić information content (AvgIpc) is 3.31. The van der Waals surface area contributed by atoms with Crippen LogP contribution in [-0.2, 0) is 37.9 Å². The molecule has 0 spiro atoms. The monoisotopic (exact) mass is 1010 g/mol. The van der Waals surface area contributed by atoms with Crippen molar-refractivity contribution in [3.05, 3.63) is 0 Å². The van der Waals surface area contributed by atoms with Crippen LogP contribution in [0, 0.1) is 0 Å². The lowest BCUT2D eigenvalue weighted by molar-refractivity contribution is -0.430. The topological polar surface area (TPSA) is 559 Å². The van der Waals surface area contributed by atoms with Crippen LogP contribution in [0.4, 0.5) is 0 Å². The second-order valence-corrected chi connectivity index (χ2v) is 17.7. The molecule has 24 N–H and O–H groups in total. The Bertz CT molecular complexity index is 1510. The Kier molecular flexibility index (Phi) is 18.4. The van der Waals surface area contributed by atoms with Crippen LogP contribution in [0.5, 0.6) is 0 Å². The molecule has 6 unspecified atom stereocenters. The van der Waals surface area contributed by atoms with E-state index in [4.69, 9.17) is 37.9 Å². The van der Waals surface area contributed by atoms with Crippen molar-refractivity contribution in [2.45, 2.75) is 196 Å². The van der Waals surface area contributed by atoms with Crippen LogP contribution in [0.25, 0.3) is 0 Å². The van der Waals surface area contributed by atoms with Crippen molar-refractivity contribution in [2.75, 3.05) is 26.4 Å². The van der Waals surface area contributed by atoms with Crippen LogP contribution >= 0.6 is 0 Å². The highest BCUT2D eigenvalue weighted by Gasteiger charge is 2.71. The molecule has 6 fully saturated rings.